The fourth-order valence-corrected chi connectivity index (χ4v) is 2.82. The number of nitrogens with one attached hydrogen (secondary N) is 2. The van der Waals surface area contributed by atoms with Crippen molar-refractivity contribution in [3.05, 3.63) is 62.5 Å². The Balaban J connectivity index is 1.74. The maximum absolute atomic E-state index is 11.9. The van der Waals surface area contributed by atoms with Crippen LogP contribution in [-0.4, -0.2) is 30.9 Å². The molecule has 2 amide bonds. The summed E-state index contributed by atoms with van der Waals surface area (Å²) in [7, 11) is 0. The Morgan fingerprint density at radius 1 is 1.04 bits per heavy atom. The van der Waals surface area contributed by atoms with E-state index in [0.717, 1.165) is 14.5 Å². The molecule has 0 aliphatic heterocycles. The number of halogens is 2. The van der Waals surface area contributed by atoms with Crippen molar-refractivity contribution < 1.29 is 19.1 Å². The normalized spacial score (nSPS) is 10.1. The molecular weight excluding hydrogens is 468 g/mol. The number of hydrogen-bond donors (Lipinski definition) is 2. The molecule has 0 saturated heterocycles. The standard InChI is InChI=1S/C18H16Br2N2O4/c1-11-2-7-15(14(20)8-11)22-16(23)10-26-17(24)9-21-18(25)12-3-5-13(19)6-4-12/h2-8H,9-10H2,1H3,(H,21,25)(H,22,23). The summed E-state index contributed by atoms with van der Waals surface area (Å²) in [5, 5.41) is 5.07. The third kappa shape index (κ3) is 6.27. The third-order valence-corrected chi connectivity index (χ3v) is 4.45. The highest BCUT2D eigenvalue weighted by atomic mass is 79.9. The number of amides is 2. The molecule has 8 heteroatoms. The molecule has 2 N–H and O–H groups in total. The zero-order valence-corrected chi connectivity index (χ0v) is 17.0. The number of benzene rings is 2. The van der Waals surface area contributed by atoms with Crippen LogP contribution in [0.1, 0.15) is 15.9 Å². The maximum atomic E-state index is 11.9. The molecule has 2 rings (SSSR count). The van der Waals surface area contributed by atoms with Crippen LogP contribution >= 0.6 is 31.9 Å². The van der Waals surface area contributed by atoms with Crippen molar-refractivity contribution in [3.8, 4) is 0 Å². The second kappa shape index (κ2) is 9.49. The number of esters is 1. The van der Waals surface area contributed by atoms with Gasteiger partial charge in [-0.3, -0.25) is 14.4 Å². The Hall–Kier alpha value is -2.19. The van der Waals surface area contributed by atoms with E-state index in [1.54, 1.807) is 30.3 Å². The average Bonchev–Trinajstić information content (AvgIpc) is 2.61. The van der Waals surface area contributed by atoms with Gasteiger partial charge in [0.05, 0.1) is 5.69 Å². The van der Waals surface area contributed by atoms with Crippen molar-refractivity contribution in [3.63, 3.8) is 0 Å². The van der Waals surface area contributed by atoms with Crippen LogP contribution in [0.3, 0.4) is 0 Å². The monoisotopic (exact) mass is 482 g/mol. The summed E-state index contributed by atoms with van der Waals surface area (Å²) >= 11 is 6.63. The van der Waals surface area contributed by atoms with E-state index in [-0.39, 0.29) is 6.54 Å². The van der Waals surface area contributed by atoms with Crippen LogP contribution in [0.15, 0.2) is 51.4 Å². The van der Waals surface area contributed by atoms with E-state index in [0.29, 0.717) is 11.3 Å². The predicted octanol–water partition coefficient (Wildman–Crippen LogP) is 3.43. The van der Waals surface area contributed by atoms with Gasteiger partial charge in [-0.2, -0.15) is 0 Å². The SMILES string of the molecule is Cc1ccc(NC(=O)COC(=O)CNC(=O)c2ccc(Br)cc2)c(Br)c1. The Morgan fingerprint density at radius 2 is 1.73 bits per heavy atom. The Bertz CT molecular complexity index is 822. The largest absolute Gasteiger partial charge is 0.454 e. The minimum atomic E-state index is -0.700. The van der Waals surface area contributed by atoms with E-state index in [1.165, 1.54) is 0 Å². The number of hydrogen-bond acceptors (Lipinski definition) is 4. The Morgan fingerprint density at radius 3 is 2.38 bits per heavy atom. The van der Waals surface area contributed by atoms with E-state index in [1.807, 2.05) is 19.1 Å². The summed E-state index contributed by atoms with van der Waals surface area (Å²) in [6.45, 7) is 1.17. The van der Waals surface area contributed by atoms with Gasteiger partial charge in [0.25, 0.3) is 11.8 Å². The van der Waals surface area contributed by atoms with Crippen LogP contribution in [0.4, 0.5) is 5.69 Å². The highest BCUT2D eigenvalue weighted by Crippen LogP contribution is 2.23. The quantitative estimate of drug-likeness (QED) is 0.616. The van der Waals surface area contributed by atoms with Crippen molar-refractivity contribution in [1.29, 1.82) is 0 Å². The van der Waals surface area contributed by atoms with Gasteiger partial charge in [-0.25, -0.2) is 0 Å². The predicted molar refractivity (Wildman–Crippen MR) is 105 cm³/mol. The van der Waals surface area contributed by atoms with Gasteiger partial charge < -0.3 is 15.4 Å². The van der Waals surface area contributed by atoms with Gasteiger partial charge in [0.15, 0.2) is 6.61 Å². The van der Waals surface area contributed by atoms with Gasteiger partial charge in [0.2, 0.25) is 0 Å². The molecule has 0 heterocycles. The van der Waals surface area contributed by atoms with E-state index < -0.39 is 24.4 Å². The van der Waals surface area contributed by atoms with Crippen molar-refractivity contribution in [2.75, 3.05) is 18.5 Å². The molecule has 0 bridgehead atoms. The van der Waals surface area contributed by atoms with Gasteiger partial charge in [0, 0.05) is 14.5 Å². The van der Waals surface area contributed by atoms with Crippen LogP contribution in [0, 0.1) is 6.92 Å². The first-order valence-corrected chi connectivity index (χ1v) is 9.19. The van der Waals surface area contributed by atoms with E-state index in [9.17, 15) is 14.4 Å². The Kier molecular flexibility index (Phi) is 7.35. The minimum Gasteiger partial charge on any atom is -0.454 e. The molecule has 2 aromatic carbocycles. The van der Waals surface area contributed by atoms with E-state index in [2.05, 4.69) is 42.5 Å². The molecule has 0 radical (unpaired) electrons. The molecule has 0 atom stereocenters. The summed E-state index contributed by atoms with van der Waals surface area (Å²) < 4.78 is 6.44. The molecule has 6 nitrogen and oxygen atoms in total. The van der Waals surface area contributed by atoms with Crippen LogP contribution in [0.25, 0.3) is 0 Å². The maximum Gasteiger partial charge on any atom is 0.325 e. The Labute approximate surface area is 167 Å². The molecule has 26 heavy (non-hydrogen) atoms. The third-order valence-electron chi connectivity index (χ3n) is 3.26. The number of rotatable bonds is 6. The first-order chi connectivity index (χ1) is 12.3. The molecule has 0 aliphatic carbocycles. The van der Waals surface area contributed by atoms with Crippen molar-refractivity contribution in [2.24, 2.45) is 0 Å². The van der Waals surface area contributed by atoms with Crippen molar-refractivity contribution in [1.82, 2.24) is 5.32 Å². The average molecular weight is 484 g/mol. The number of anilines is 1. The zero-order chi connectivity index (χ0) is 19.1. The van der Waals surface area contributed by atoms with Gasteiger partial charge in [-0.1, -0.05) is 22.0 Å². The zero-order valence-electron chi connectivity index (χ0n) is 13.8. The van der Waals surface area contributed by atoms with Gasteiger partial charge in [-0.15, -0.1) is 0 Å². The molecular formula is C18H16Br2N2O4. The molecule has 2 aromatic rings. The first kappa shape index (κ1) is 20.1. The molecule has 0 aliphatic rings. The number of carbonyl (C=O) groups is 3. The molecule has 0 aromatic heterocycles. The highest BCUT2D eigenvalue weighted by Gasteiger charge is 2.12. The first-order valence-electron chi connectivity index (χ1n) is 7.60. The molecule has 0 unspecified atom stereocenters. The smallest absolute Gasteiger partial charge is 0.325 e. The molecule has 136 valence electrons. The molecule has 0 fully saturated rings. The summed E-state index contributed by atoms with van der Waals surface area (Å²) in [5.41, 5.74) is 2.05. The fraction of sp³-hybridized carbons (Fsp3) is 0.167. The van der Waals surface area contributed by atoms with Crippen LogP contribution in [0.5, 0.6) is 0 Å². The number of ether oxygens (including phenoxy) is 1. The summed E-state index contributed by atoms with van der Waals surface area (Å²) in [5.74, 6) is -1.57. The van der Waals surface area contributed by atoms with Crippen LogP contribution < -0.4 is 10.6 Å². The second-order valence-electron chi connectivity index (χ2n) is 5.38. The summed E-state index contributed by atoms with van der Waals surface area (Å²) in [6.07, 6.45) is 0. The van der Waals surface area contributed by atoms with E-state index >= 15 is 0 Å². The topological polar surface area (TPSA) is 84.5 Å². The number of aryl methyl sites for hydroxylation is 1. The fourth-order valence-electron chi connectivity index (χ4n) is 1.96. The van der Waals surface area contributed by atoms with Crippen molar-refractivity contribution >= 4 is 55.3 Å². The van der Waals surface area contributed by atoms with Gasteiger partial charge in [0.1, 0.15) is 6.54 Å². The lowest BCUT2D eigenvalue weighted by Crippen LogP contribution is -2.32. The lowest BCUT2D eigenvalue weighted by atomic mass is 10.2. The van der Waals surface area contributed by atoms with Gasteiger partial charge >= 0.3 is 5.97 Å². The second-order valence-corrected chi connectivity index (χ2v) is 7.15. The lowest BCUT2D eigenvalue weighted by Gasteiger charge is -2.09. The number of carbonyl (C=O) groups excluding carboxylic acids is 3. The van der Waals surface area contributed by atoms with Crippen molar-refractivity contribution in [2.45, 2.75) is 6.92 Å². The molecule has 0 saturated carbocycles. The summed E-state index contributed by atoms with van der Waals surface area (Å²) in [6, 6.07) is 12.2. The minimum absolute atomic E-state index is 0.323. The van der Waals surface area contributed by atoms with E-state index in [4.69, 9.17) is 4.74 Å². The lowest BCUT2D eigenvalue weighted by molar-refractivity contribution is -0.146. The molecule has 0 spiro atoms. The van der Waals surface area contributed by atoms with Crippen LogP contribution in [0.2, 0.25) is 0 Å². The van der Waals surface area contributed by atoms with Crippen LogP contribution in [-0.2, 0) is 14.3 Å². The van der Waals surface area contributed by atoms with Gasteiger partial charge in [-0.05, 0) is 64.8 Å². The summed E-state index contributed by atoms with van der Waals surface area (Å²) in [4.78, 5) is 35.4. The highest BCUT2D eigenvalue weighted by molar-refractivity contribution is 9.10.